The van der Waals surface area contributed by atoms with Gasteiger partial charge in [0.25, 0.3) is 0 Å². The number of nitrogens with zero attached hydrogens (tertiary/aromatic N) is 2. The van der Waals surface area contributed by atoms with Crippen molar-refractivity contribution in [3.8, 4) is 11.4 Å². The summed E-state index contributed by atoms with van der Waals surface area (Å²) < 4.78 is 64.6. The fraction of sp³-hybridized carbons (Fsp3) is 0.367. The fourth-order valence-corrected chi connectivity index (χ4v) is 5.89. The van der Waals surface area contributed by atoms with Gasteiger partial charge in [-0.05, 0) is 71.3 Å². The van der Waals surface area contributed by atoms with Crippen LogP contribution in [-0.2, 0) is 5.41 Å². The molecule has 1 aromatic heterocycles. The molecule has 9 heteroatoms. The van der Waals surface area contributed by atoms with E-state index < -0.39 is 29.7 Å². The molecule has 2 N–H and O–H groups in total. The van der Waals surface area contributed by atoms with Crippen molar-refractivity contribution in [2.24, 2.45) is 0 Å². The third-order valence-corrected chi connectivity index (χ3v) is 7.66. The SMILES string of the molecule is COc1c(C(C)C)ccc2c1C(C)(C)C[C@](O)(C(F)(F)F)[C@@H]2Nc1ccc2c(cnn2-c2ccc(F)cc2)c1. The van der Waals surface area contributed by atoms with Crippen LogP contribution in [0.25, 0.3) is 16.6 Å². The second-order valence-corrected chi connectivity index (χ2v) is 11.2. The third-order valence-electron chi connectivity index (χ3n) is 7.66. The second-order valence-electron chi connectivity index (χ2n) is 11.2. The van der Waals surface area contributed by atoms with Crippen molar-refractivity contribution in [1.29, 1.82) is 0 Å². The number of hydrogen-bond donors (Lipinski definition) is 2. The topological polar surface area (TPSA) is 59.3 Å². The highest BCUT2D eigenvalue weighted by Gasteiger charge is 2.64. The van der Waals surface area contributed by atoms with Gasteiger partial charge >= 0.3 is 6.18 Å². The third kappa shape index (κ3) is 4.42. The van der Waals surface area contributed by atoms with E-state index >= 15 is 0 Å². The summed E-state index contributed by atoms with van der Waals surface area (Å²) in [6, 6.07) is 12.9. The first-order valence-corrected chi connectivity index (χ1v) is 12.8. The maximum absolute atomic E-state index is 14.6. The second kappa shape index (κ2) is 9.26. The van der Waals surface area contributed by atoms with Gasteiger partial charge < -0.3 is 15.2 Å². The number of ether oxygens (including phenoxy) is 1. The van der Waals surface area contributed by atoms with E-state index in [1.54, 1.807) is 67.2 Å². The number of nitrogens with one attached hydrogen (secondary N) is 1. The summed E-state index contributed by atoms with van der Waals surface area (Å²) in [7, 11) is 1.53. The van der Waals surface area contributed by atoms with Gasteiger partial charge in [-0.15, -0.1) is 0 Å². The molecule has 0 radical (unpaired) electrons. The molecule has 0 saturated heterocycles. The Hall–Kier alpha value is -3.59. The molecule has 3 aromatic carbocycles. The highest BCUT2D eigenvalue weighted by molar-refractivity contribution is 5.84. The van der Waals surface area contributed by atoms with Gasteiger partial charge in [0.1, 0.15) is 11.6 Å². The summed E-state index contributed by atoms with van der Waals surface area (Å²) in [5.41, 5.74) is -0.416. The Balaban J connectivity index is 1.63. The van der Waals surface area contributed by atoms with E-state index in [9.17, 15) is 22.7 Å². The predicted octanol–water partition coefficient (Wildman–Crippen LogP) is 7.42. The molecule has 39 heavy (non-hydrogen) atoms. The van der Waals surface area contributed by atoms with Crippen molar-refractivity contribution in [2.45, 2.75) is 63.3 Å². The zero-order valence-electron chi connectivity index (χ0n) is 22.4. The zero-order chi connectivity index (χ0) is 28.3. The molecule has 0 fully saturated rings. The van der Waals surface area contributed by atoms with Crippen molar-refractivity contribution in [3.63, 3.8) is 0 Å². The van der Waals surface area contributed by atoms with Gasteiger partial charge in [-0.3, -0.25) is 0 Å². The molecule has 5 rings (SSSR count). The minimum absolute atomic E-state index is 0.0935. The Labute approximate surface area is 224 Å². The van der Waals surface area contributed by atoms with Gasteiger partial charge in [0.05, 0.1) is 30.6 Å². The summed E-state index contributed by atoms with van der Waals surface area (Å²) in [6.45, 7) is 7.43. The molecule has 1 aliphatic rings. The van der Waals surface area contributed by atoms with Gasteiger partial charge in [0.15, 0.2) is 5.60 Å². The van der Waals surface area contributed by atoms with Gasteiger partial charge in [-0.25, -0.2) is 9.07 Å². The standard InChI is InChI=1S/C30H31F4N3O2/c1-17(2)22-11-12-23-25(26(22)39-5)28(3,4)16-29(38,30(32,33)34)27(23)36-20-8-13-24-18(14-20)15-35-37(24)21-9-6-19(31)7-10-21/h6-15,17,27,36,38H,16H2,1-5H3/t27-,29-/m1/s1. The van der Waals surface area contributed by atoms with E-state index in [1.165, 1.54) is 19.2 Å². The van der Waals surface area contributed by atoms with Crippen LogP contribution in [-0.4, -0.2) is 33.8 Å². The minimum Gasteiger partial charge on any atom is -0.496 e. The van der Waals surface area contributed by atoms with Crippen LogP contribution in [0.4, 0.5) is 23.2 Å². The van der Waals surface area contributed by atoms with Crippen molar-refractivity contribution >= 4 is 16.6 Å². The first kappa shape index (κ1) is 27.0. The Bertz CT molecular complexity index is 1530. The molecule has 0 unspecified atom stereocenters. The number of anilines is 1. The number of fused-ring (bicyclic) bond motifs is 2. The van der Waals surface area contributed by atoms with Crippen LogP contribution in [0.15, 0.2) is 60.8 Å². The number of methoxy groups -OCH3 is 1. The van der Waals surface area contributed by atoms with E-state index in [0.29, 0.717) is 39.2 Å². The van der Waals surface area contributed by atoms with Gasteiger partial charge in [0, 0.05) is 16.6 Å². The van der Waals surface area contributed by atoms with Gasteiger partial charge in [-0.2, -0.15) is 18.3 Å². The minimum atomic E-state index is -4.90. The lowest BCUT2D eigenvalue weighted by molar-refractivity contribution is -0.275. The van der Waals surface area contributed by atoms with E-state index in [4.69, 9.17) is 4.74 Å². The predicted molar refractivity (Wildman–Crippen MR) is 143 cm³/mol. The zero-order valence-corrected chi connectivity index (χ0v) is 22.4. The van der Waals surface area contributed by atoms with Crippen LogP contribution >= 0.6 is 0 Å². The Kier molecular flexibility index (Phi) is 6.41. The Morgan fingerprint density at radius 2 is 1.77 bits per heavy atom. The molecule has 206 valence electrons. The number of hydrogen-bond acceptors (Lipinski definition) is 4. The van der Waals surface area contributed by atoms with Crippen LogP contribution in [0.2, 0.25) is 0 Å². The molecule has 1 aliphatic carbocycles. The number of rotatable bonds is 5. The molecule has 0 bridgehead atoms. The van der Waals surface area contributed by atoms with Crippen LogP contribution in [0, 0.1) is 5.82 Å². The molecule has 1 heterocycles. The average molecular weight is 542 g/mol. The quantitative estimate of drug-likeness (QED) is 0.258. The number of alkyl halides is 3. The normalized spacial score (nSPS) is 20.7. The lowest BCUT2D eigenvalue weighted by atomic mass is 9.62. The van der Waals surface area contributed by atoms with Crippen LogP contribution in [0.5, 0.6) is 5.75 Å². The molecular formula is C30H31F4N3O2. The highest BCUT2D eigenvalue weighted by Crippen LogP contribution is 2.57. The molecular weight excluding hydrogens is 510 g/mol. The molecule has 5 nitrogen and oxygen atoms in total. The Morgan fingerprint density at radius 3 is 2.38 bits per heavy atom. The molecule has 0 saturated carbocycles. The fourth-order valence-electron chi connectivity index (χ4n) is 5.89. The van der Waals surface area contributed by atoms with E-state index in [1.807, 2.05) is 13.8 Å². The number of aromatic nitrogens is 2. The summed E-state index contributed by atoms with van der Waals surface area (Å²) >= 11 is 0. The van der Waals surface area contributed by atoms with Crippen molar-refractivity contribution in [1.82, 2.24) is 9.78 Å². The molecule has 0 amide bonds. The lowest BCUT2D eigenvalue weighted by Gasteiger charge is -2.49. The van der Waals surface area contributed by atoms with E-state index in [-0.39, 0.29) is 11.7 Å². The molecule has 0 spiro atoms. The number of benzene rings is 3. The summed E-state index contributed by atoms with van der Waals surface area (Å²) in [4.78, 5) is 0. The monoisotopic (exact) mass is 541 g/mol. The maximum Gasteiger partial charge on any atom is 0.419 e. The Morgan fingerprint density at radius 1 is 1.08 bits per heavy atom. The first-order valence-electron chi connectivity index (χ1n) is 12.8. The highest BCUT2D eigenvalue weighted by atomic mass is 19.4. The summed E-state index contributed by atoms with van der Waals surface area (Å²) in [6.07, 6.45) is -3.85. The molecule has 2 atom stereocenters. The van der Waals surface area contributed by atoms with Gasteiger partial charge in [0.2, 0.25) is 0 Å². The van der Waals surface area contributed by atoms with Crippen molar-refractivity contribution in [3.05, 3.63) is 83.3 Å². The maximum atomic E-state index is 14.6. The molecule has 0 aliphatic heterocycles. The van der Waals surface area contributed by atoms with Crippen molar-refractivity contribution < 1.29 is 27.4 Å². The van der Waals surface area contributed by atoms with E-state index in [2.05, 4.69) is 10.4 Å². The summed E-state index contributed by atoms with van der Waals surface area (Å²) in [5, 5.41) is 19.4. The van der Waals surface area contributed by atoms with Gasteiger partial charge in [-0.1, -0.05) is 39.8 Å². The van der Waals surface area contributed by atoms with E-state index in [0.717, 1.165) is 5.56 Å². The molecule has 4 aromatic rings. The lowest BCUT2D eigenvalue weighted by Crippen LogP contribution is -2.58. The number of aliphatic hydroxyl groups is 1. The average Bonchev–Trinajstić information content (AvgIpc) is 3.28. The van der Waals surface area contributed by atoms with Crippen LogP contribution < -0.4 is 10.1 Å². The number of halogens is 4. The first-order chi connectivity index (χ1) is 18.3. The van der Waals surface area contributed by atoms with Crippen LogP contribution in [0.1, 0.15) is 62.8 Å². The summed E-state index contributed by atoms with van der Waals surface area (Å²) in [5.74, 6) is 0.280. The smallest absolute Gasteiger partial charge is 0.419 e. The largest absolute Gasteiger partial charge is 0.496 e. The van der Waals surface area contributed by atoms with Crippen molar-refractivity contribution in [2.75, 3.05) is 12.4 Å². The van der Waals surface area contributed by atoms with Crippen LogP contribution in [0.3, 0.4) is 0 Å².